The minimum absolute atomic E-state index is 0.0577. The Morgan fingerprint density at radius 2 is 2.08 bits per heavy atom. The van der Waals surface area contributed by atoms with E-state index < -0.39 is 0 Å². The second-order valence-corrected chi connectivity index (χ2v) is 6.86. The van der Waals surface area contributed by atoms with Gasteiger partial charge in [0.05, 0.1) is 5.69 Å². The van der Waals surface area contributed by atoms with E-state index in [0.29, 0.717) is 11.8 Å². The number of aryl methyl sites for hydroxylation is 3. The highest BCUT2D eigenvalue weighted by Crippen LogP contribution is 2.20. The summed E-state index contributed by atoms with van der Waals surface area (Å²) in [6.07, 6.45) is 0.986. The molecular weight excluding hydrogens is 302 g/mol. The van der Waals surface area contributed by atoms with Gasteiger partial charge in [-0.25, -0.2) is 0 Å². The Balaban J connectivity index is 1.60. The first kappa shape index (κ1) is 16.7. The number of hydrogen-bond acceptors (Lipinski definition) is 4. The summed E-state index contributed by atoms with van der Waals surface area (Å²) in [5.74, 6) is 0.280. The lowest BCUT2D eigenvalue weighted by Gasteiger charge is -2.24. The Kier molecular flexibility index (Phi) is 4.71. The van der Waals surface area contributed by atoms with Gasteiger partial charge in [-0.3, -0.25) is 9.69 Å². The average molecular weight is 327 g/mol. The second-order valence-electron chi connectivity index (χ2n) is 6.86. The third-order valence-electron chi connectivity index (χ3n) is 4.92. The number of carbonyl (C=O) groups excluding carboxylic acids is 1. The highest BCUT2D eigenvalue weighted by molar-refractivity contribution is 5.91. The Hall–Kier alpha value is -2.14. The SMILES string of the molecule is Cc1cc(C(=O)N2CCC(N(C)Cc3ccc(C)c(C)c3)C2)on1. The standard InChI is InChI=1S/C19H25N3O2/c1-13-5-6-16(9-14(13)2)11-21(4)17-7-8-22(12-17)19(23)18-10-15(3)20-24-18/h5-6,9-10,17H,7-8,11-12H2,1-4H3. The molecule has 1 unspecified atom stereocenters. The summed E-state index contributed by atoms with van der Waals surface area (Å²) in [6, 6.07) is 8.69. The van der Waals surface area contributed by atoms with Crippen LogP contribution in [0.5, 0.6) is 0 Å². The first-order valence-corrected chi connectivity index (χ1v) is 8.43. The molecule has 3 rings (SSSR count). The van der Waals surface area contributed by atoms with Crippen molar-refractivity contribution in [3.05, 3.63) is 52.4 Å². The molecule has 2 aromatic rings. The number of nitrogens with zero attached hydrogens (tertiary/aromatic N) is 3. The Bertz CT molecular complexity index is 738. The van der Waals surface area contributed by atoms with Crippen molar-refractivity contribution < 1.29 is 9.32 Å². The van der Waals surface area contributed by atoms with E-state index in [1.807, 2.05) is 11.8 Å². The van der Waals surface area contributed by atoms with Crippen molar-refractivity contribution in [3.63, 3.8) is 0 Å². The summed E-state index contributed by atoms with van der Waals surface area (Å²) in [7, 11) is 2.13. The molecule has 1 aliphatic heterocycles. The van der Waals surface area contributed by atoms with Crippen molar-refractivity contribution >= 4 is 5.91 Å². The minimum Gasteiger partial charge on any atom is -0.351 e. The van der Waals surface area contributed by atoms with Crippen LogP contribution in [0, 0.1) is 20.8 Å². The maximum absolute atomic E-state index is 12.4. The molecule has 1 atom stereocenters. The monoisotopic (exact) mass is 327 g/mol. The quantitative estimate of drug-likeness (QED) is 0.866. The summed E-state index contributed by atoms with van der Waals surface area (Å²) < 4.78 is 5.10. The second kappa shape index (κ2) is 6.77. The van der Waals surface area contributed by atoms with Gasteiger partial charge in [-0.2, -0.15) is 0 Å². The lowest BCUT2D eigenvalue weighted by molar-refractivity contribution is 0.0738. The largest absolute Gasteiger partial charge is 0.351 e. The smallest absolute Gasteiger partial charge is 0.292 e. The topological polar surface area (TPSA) is 49.6 Å². The number of amides is 1. The van der Waals surface area contributed by atoms with E-state index in [1.54, 1.807) is 6.07 Å². The van der Waals surface area contributed by atoms with E-state index in [1.165, 1.54) is 16.7 Å². The number of aromatic nitrogens is 1. The van der Waals surface area contributed by atoms with Crippen LogP contribution in [0.2, 0.25) is 0 Å². The third-order valence-corrected chi connectivity index (χ3v) is 4.92. The molecule has 0 N–H and O–H groups in total. The zero-order valence-electron chi connectivity index (χ0n) is 14.9. The minimum atomic E-state index is -0.0577. The van der Waals surface area contributed by atoms with Crippen molar-refractivity contribution in [1.82, 2.24) is 15.0 Å². The fourth-order valence-electron chi connectivity index (χ4n) is 3.23. The van der Waals surface area contributed by atoms with Crippen LogP contribution in [-0.4, -0.2) is 47.0 Å². The van der Waals surface area contributed by atoms with Gasteiger partial charge in [0.15, 0.2) is 0 Å². The van der Waals surface area contributed by atoms with Crippen molar-refractivity contribution in [2.75, 3.05) is 20.1 Å². The molecule has 5 heteroatoms. The van der Waals surface area contributed by atoms with Gasteiger partial charge in [-0.15, -0.1) is 0 Å². The summed E-state index contributed by atoms with van der Waals surface area (Å²) >= 11 is 0. The normalized spacial score (nSPS) is 17.7. The fraction of sp³-hybridized carbons (Fsp3) is 0.474. The lowest BCUT2D eigenvalue weighted by Crippen LogP contribution is -2.36. The van der Waals surface area contributed by atoms with E-state index in [9.17, 15) is 4.79 Å². The molecule has 5 nitrogen and oxygen atoms in total. The molecule has 1 fully saturated rings. The van der Waals surface area contributed by atoms with Gasteiger partial charge in [-0.1, -0.05) is 23.4 Å². The van der Waals surface area contributed by atoms with E-state index in [2.05, 4.69) is 49.2 Å². The maximum atomic E-state index is 12.4. The predicted octanol–water partition coefficient (Wildman–Crippen LogP) is 2.95. The fourth-order valence-corrected chi connectivity index (χ4v) is 3.23. The van der Waals surface area contributed by atoms with Gasteiger partial charge < -0.3 is 9.42 Å². The van der Waals surface area contributed by atoms with Crippen molar-refractivity contribution in [1.29, 1.82) is 0 Å². The van der Waals surface area contributed by atoms with Crippen molar-refractivity contribution in [2.24, 2.45) is 0 Å². The van der Waals surface area contributed by atoms with Crippen molar-refractivity contribution in [3.8, 4) is 0 Å². The number of rotatable bonds is 4. The first-order chi connectivity index (χ1) is 11.4. The van der Waals surface area contributed by atoms with Crippen LogP contribution in [-0.2, 0) is 6.54 Å². The molecule has 1 amide bonds. The molecule has 0 spiro atoms. The Labute approximate surface area is 143 Å². The number of likely N-dealkylation sites (tertiary alicyclic amines) is 1. The van der Waals surface area contributed by atoms with Crippen LogP contribution in [0.4, 0.5) is 0 Å². The van der Waals surface area contributed by atoms with Gasteiger partial charge in [-0.05, 0) is 50.9 Å². The van der Waals surface area contributed by atoms with Gasteiger partial charge >= 0.3 is 0 Å². The molecule has 1 aromatic carbocycles. The van der Waals surface area contributed by atoms with E-state index in [0.717, 1.165) is 31.7 Å². The highest BCUT2D eigenvalue weighted by atomic mass is 16.5. The highest BCUT2D eigenvalue weighted by Gasteiger charge is 2.31. The Morgan fingerprint density at radius 3 is 2.75 bits per heavy atom. The average Bonchev–Trinajstić information content (AvgIpc) is 3.19. The number of likely N-dealkylation sites (N-methyl/N-ethyl adjacent to an activating group) is 1. The van der Waals surface area contributed by atoms with Crippen LogP contribution in [0.1, 0.15) is 39.4 Å². The molecule has 1 aromatic heterocycles. The summed E-state index contributed by atoms with van der Waals surface area (Å²) in [5, 5.41) is 3.80. The summed E-state index contributed by atoms with van der Waals surface area (Å²) in [6.45, 7) is 8.50. The third kappa shape index (κ3) is 3.51. The van der Waals surface area contributed by atoms with E-state index in [-0.39, 0.29) is 5.91 Å². The van der Waals surface area contributed by atoms with Crippen LogP contribution in [0.25, 0.3) is 0 Å². The lowest BCUT2D eigenvalue weighted by atomic mass is 10.1. The van der Waals surface area contributed by atoms with Gasteiger partial charge in [0.25, 0.3) is 5.91 Å². The van der Waals surface area contributed by atoms with Crippen molar-refractivity contribution in [2.45, 2.75) is 39.8 Å². The molecule has 0 saturated carbocycles. The summed E-state index contributed by atoms with van der Waals surface area (Å²) in [4.78, 5) is 16.6. The predicted molar refractivity (Wildman–Crippen MR) is 92.9 cm³/mol. The molecule has 1 aliphatic rings. The molecular formula is C19H25N3O2. The van der Waals surface area contributed by atoms with Gasteiger partial charge in [0, 0.05) is 31.7 Å². The molecule has 0 aliphatic carbocycles. The number of hydrogen-bond donors (Lipinski definition) is 0. The molecule has 128 valence electrons. The first-order valence-electron chi connectivity index (χ1n) is 8.43. The van der Waals surface area contributed by atoms with Crippen LogP contribution < -0.4 is 0 Å². The molecule has 0 radical (unpaired) electrons. The van der Waals surface area contributed by atoms with Crippen LogP contribution >= 0.6 is 0 Å². The summed E-state index contributed by atoms with van der Waals surface area (Å²) in [5.41, 5.74) is 4.70. The molecule has 2 heterocycles. The zero-order valence-corrected chi connectivity index (χ0v) is 14.9. The van der Waals surface area contributed by atoms with Crippen LogP contribution in [0.15, 0.2) is 28.8 Å². The zero-order chi connectivity index (χ0) is 17.3. The van der Waals surface area contributed by atoms with Gasteiger partial charge in [0.1, 0.15) is 0 Å². The molecule has 24 heavy (non-hydrogen) atoms. The number of benzene rings is 1. The van der Waals surface area contributed by atoms with Crippen LogP contribution in [0.3, 0.4) is 0 Å². The molecule has 1 saturated heterocycles. The van der Waals surface area contributed by atoms with E-state index in [4.69, 9.17) is 4.52 Å². The number of carbonyl (C=O) groups is 1. The Morgan fingerprint density at radius 1 is 1.29 bits per heavy atom. The van der Waals surface area contributed by atoms with Gasteiger partial charge in [0.2, 0.25) is 5.76 Å². The molecule has 0 bridgehead atoms. The maximum Gasteiger partial charge on any atom is 0.292 e. The van der Waals surface area contributed by atoms with E-state index >= 15 is 0 Å².